The van der Waals surface area contributed by atoms with Crippen molar-refractivity contribution in [2.75, 3.05) is 0 Å². The molecule has 0 radical (unpaired) electrons. The summed E-state index contributed by atoms with van der Waals surface area (Å²) < 4.78 is 38.7. The first-order valence-electron chi connectivity index (χ1n) is 3.47. The van der Waals surface area contributed by atoms with E-state index < -0.39 is 32.7 Å². The minimum atomic E-state index is -1.92. The summed E-state index contributed by atoms with van der Waals surface area (Å²) >= 11 is -3.81. The third kappa shape index (κ3) is 2.48. The Labute approximate surface area is 75.6 Å². The number of hydrogen-bond donors (Lipinski definition) is 2. The number of rotatable bonds is 2. The second-order valence-corrected chi connectivity index (χ2v) is 4.99. The molecule has 12 heavy (non-hydrogen) atoms. The molecule has 0 amide bonds. The van der Waals surface area contributed by atoms with Crippen LogP contribution in [-0.2, 0) is 22.2 Å². The number of allylic oxidation sites excluding steroid dienone is 1. The molecule has 0 saturated heterocycles. The van der Waals surface area contributed by atoms with Crippen LogP contribution in [0.2, 0.25) is 0 Å². The highest BCUT2D eigenvalue weighted by Crippen LogP contribution is 2.19. The molecule has 0 aromatic carbocycles. The maximum Gasteiger partial charge on any atom is 0.159 e. The van der Waals surface area contributed by atoms with Crippen LogP contribution >= 0.6 is 0 Å². The van der Waals surface area contributed by atoms with E-state index in [4.69, 9.17) is 9.11 Å². The molecule has 1 rings (SSSR count). The van der Waals surface area contributed by atoms with Gasteiger partial charge in [-0.2, -0.15) is 0 Å². The molecule has 0 fully saturated rings. The van der Waals surface area contributed by atoms with Crippen LogP contribution < -0.4 is 0 Å². The molecule has 4 atom stereocenters. The van der Waals surface area contributed by atoms with Crippen LogP contribution in [0.3, 0.4) is 0 Å². The SMILES string of the molecule is O=S(O)C1C=CCC(S(=O)O)C1. The van der Waals surface area contributed by atoms with Crippen molar-refractivity contribution in [3.05, 3.63) is 12.2 Å². The molecule has 0 heterocycles. The van der Waals surface area contributed by atoms with Gasteiger partial charge in [-0.05, 0) is 12.8 Å². The van der Waals surface area contributed by atoms with Gasteiger partial charge in [-0.15, -0.1) is 0 Å². The Hall–Kier alpha value is -0.0400. The van der Waals surface area contributed by atoms with Crippen LogP contribution in [0.25, 0.3) is 0 Å². The predicted molar refractivity (Wildman–Crippen MR) is 47.5 cm³/mol. The Bertz CT molecular complexity index is 238. The van der Waals surface area contributed by atoms with Crippen molar-refractivity contribution in [3.63, 3.8) is 0 Å². The minimum Gasteiger partial charge on any atom is -0.306 e. The quantitative estimate of drug-likeness (QED) is 0.514. The van der Waals surface area contributed by atoms with Gasteiger partial charge in [0.1, 0.15) is 0 Å². The maximum atomic E-state index is 10.6. The predicted octanol–water partition coefficient (Wildman–Crippen LogP) is 0.517. The average molecular weight is 210 g/mol. The van der Waals surface area contributed by atoms with Crippen LogP contribution in [0.4, 0.5) is 0 Å². The maximum absolute atomic E-state index is 10.6. The van der Waals surface area contributed by atoms with E-state index in [9.17, 15) is 8.42 Å². The molecule has 0 spiro atoms. The third-order valence-corrected chi connectivity index (χ3v) is 3.61. The standard InChI is InChI=1S/C6H10O4S2/c7-11(8)5-2-1-3-6(4-5)12(9)10/h1-2,5-6H,3-4H2,(H,7,8)(H,9,10). The zero-order valence-electron chi connectivity index (χ0n) is 6.25. The van der Waals surface area contributed by atoms with Crippen LogP contribution in [0.15, 0.2) is 12.2 Å². The van der Waals surface area contributed by atoms with Crippen LogP contribution in [0, 0.1) is 0 Å². The Balaban J connectivity index is 2.63. The Kier molecular flexibility index (Phi) is 3.57. The fourth-order valence-electron chi connectivity index (χ4n) is 1.13. The molecule has 6 heteroatoms. The van der Waals surface area contributed by atoms with Crippen LogP contribution in [0.5, 0.6) is 0 Å². The van der Waals surface area contributed by atoms with E-state index >= 15 is 0 Å². The van der Waals surface area contributed by atoms with E-state index in [2.05, 4.69) is 0 Å². The highest BCUT2D eigenvalue weighted by Gasteiger charge is 2.25. The molecule has 4 unspecified atom stereocenters. The van der Waals surface area contributed by atoms with Gasteiger partial charge in [0.15, 0.2) is 22.2 Å². The van der Waals surface area contributed by atoms with Gasteiger partial charge in [-0.3, -0.25) is 0 Å². The first-order valence-corrected chi connectivity index (χ1v) is 5.81. The van der Waals surface area contributed by atoms with Gasteiger partial charge >= 0.3 is 0 Å². The Morgan fingerprint density at radius 1 is 1.25 bits per heavy atom. The molecule has 70 valence electrons. The highest BCUT2D eigenvalue weighted by atomic mass is 32.2. The lowest BCUT2D eigenvalue weighted by Gasteiger charge is -2.18. The lowest BCUT2D eigenvalue weighted by Crippen LogP contribution is -2.26. The average Bonchev–Trinajstić information content (AvgIpc) is 2.04. The van der Waals surface area contributed by atoms with Gasteiger partial charge in [-0.1, -0.05) is 12.2 Å². The van der Waals surface area contributed by atoms with Crippen molar-refractivity contribution in [2.45, 2.75) is 23.3 Å². The van der Waals surface area contributed by atoms with E-state index in [1.807, 2.05) is 0 Å². The van der Waals surface area contributed by atoms with Gasteiger partial charge in [0.05, 0.1) is 10.5 Å². The Morgan fingerprint density at radius 2 is 1.92 bits per heavy atom. The molecule has 2 N–H and O–H groups in total. The van der Waals surface area contributed by atoms with Crippen molar-refractivity contribution in [3.8, 4) is 0 Å². The van der Waals surface area contributed by atoms with Crippen LogP contribution in [-0.4, -0.2) is 28.0 Å². The molecule has 0 aliphatic heterocycles. The summed E-state index contributed by atoms with van der Waals surface area (Å²) in [4.78, 5) is 0. The normalized spacial score (nSPS) is 34.5. The molecule has 0 saturated carbocycles. The summed E-state index contributed by atoms with van der Waals surface area (Å²) in [6, 6.07) is 0. The smallest absolute Gasteiger partial charge is 0.159 e. The molecule has 4 nitrogen and oxygen atoms in total. The van der Waals surface area contributed by atoms with Gasteiger partial charge in [0.25, 0.3) is 0 Å². The van der Waals surface area contributed by atoms with Gasteiger partial charge in [0.2, 0.25) is 0 Å². The van der Waals surface area contributed by atoms with Crippen molar-refractivity contribution in [2.24, 2.45) is 0 Å². The lowest BCUT2D eigenvalue weighted by atomic mass is 10.1. The summed E-state index contributed by atoms with van der Waals surface area (Å²) in [5.74, 6) is 0. The van der Waals surface area contributed by atoms with E-state index in [1.165, 1.54) is 0 Å². The lowest BCUT2D eigenvalue weighted by molar-refractivity contribution is 0.525. The second-order valence-electron chi connectivity index (χ2n) is 2.61. The van der Waals surface area contributed by atoms with Gasteiger partial charge < -0.3 is 9.11 Å². The fourth-order valence-corrected chi connectivity index (χ4v) is 2.54. The summed E-state index contributed by atoms with van der Waals surface area (Å²) in [6.07, 6.45) is 4.13. The summed E-state index contributed by atoms with van der Waals surface area (Å²) in [5, 5.41) is -0.879. The molecule has 0 aromatic rings. The fraction of sp³-hybridized carbons (Fsp3) is 0.667. The zero-order valence-corrected chi connectivity index (χ0v) is 7.88. The van der Waals surface area contributed by atoms with Gasteiger partial charge in [-0.25, -0.2) is 8.42 Å². The first kappa shape index (κ1) is 10.0. The van der Waals surface area contributed by atoms with Crippen molar-refractivity contribution >= 4 is 22.2 Å². The third-order valence-electron chi connectivity index (χ3n) is 1.79. The summed E-state index contributed by atoms with van der Waals surface area (Å²) in [6.45, 7) is 0. The van der Waals surface area contributed by atoms with Crippen LogP contribution in [0.1, 0.15) is 12.8 Å². The molecular weight excluding hydrogens is 200 g/mol. The molecule has 0 aromatic heterocycles. The number of hydrogen-bond acceptors (Lipinski definition) is 2. The van der Waals surface area contributed by atoms with Crippen molar-refractivity contribution in [1.29, 1.82) is 0 Å². The molecule has 0 bridgehead atoms. The molecule has 1 aliphatic carbocycles. The van der Waals surface area contributed by atoms with E-state index in [0.29, 0.717) is 12.8 Å². The van der Waals surface area contributed by atoms with E-state index in [0.717, 1.165) is 0 Å². The van der Waals surface area contributed by atoms with Gasteiger partial charge in [0, 0.05) is 0 Å². The topological polar surface area (TPSA) is 74.6 Å². The summed E-state index contributed by atoms with van der Waals surface area (Å²) in [5.41, 5.74) is 0. The van der Waals surface area contributed by atoms with E-state index in [-0.39, 0.29) is 0 Å². The Morgan fingerprint density at radius 3 is 2.42 bits per heavy atom. The highest BCUT2D eigenvalue weighted by molar-refractivity contribution is 7.81. The minimum absolute atomic E-state index is 0.308. The summed E-state index contributed by atoms with van der Waals surface area (Å²) in [7, 11) is 0. The monoisotopic (exact) mass is 210 g/mol. The van der Waals surface area contributed by atoms with Crippen molar-refractivity contribution in [1.82, 2.24) is 0 Å². The zero-order chi connectivity index (χ0) is 9.14. The first-order chi connectivity index (χ1) is 5.61. The molecular formula is C6H10O4S2. The van der Waals surface area contributed by atoms with E-state index in [1.54, 1.807) is 12.2 Å². The van der Waals surface area contributed by atoms with Crippen molar-refractivity contribution < 1.29 is 17.5 Å². The largest absolute Gasteiger partial charge is 0.306 e. The molecule has 1 aliphatic rings. The second kappa shape index (κ2) is 4.27.